The maximum Gasteiger partial charge on any atom is 0.293 e. The van der Waals surface area contributed by atoms with Gasteiger partial charge < -0.3 is 4.90 Å². The van der Waals surface area contributed by atoms with Crippen LogP contribution in [-0.4, -0.2) is 35.7 Å². The minimum Gasteiger partial charge on any atom is -0.372 e. The monoisotopic (exact) mass is 392 g/mol. The van der Waals surface area contributed by atoms with E-state index in [1.807, 2.05) is 36.4 Å². The van der Waals surface area contributed by atoms with E-state index in [2.05, 4.69) is 29.2 Å². The van der Waals surface area contributed by atoms with Gasteiger partial charge >= 0.3 is 0 Å². The highest BCUT2D eigenvalue weighted by Crippen LogP contribution is 2.32. The highest BCUT2D eigenvalue weighted by atomic mass is 32.2. The molecule has 2 saturated heterocycles. The van der Waals surface area contributed by atoms with E-state index < -0.39 is 0 Å². The lowest BCUT2D eigenvalue weighted by Gasteiger charge is -2.17. The Hall–Kier alpha value is -2.53. The Labute approximate surface area is 170 Å². The Morgan fingerprint density at radius 3 is 2.36 bits per heavy atom. The smallest absolute Gasteiger partial charge is 0.293 e. The second-order valence-corrected chi connectivity index (χ2v) is 8.20. The molecule has 2 heterocycles. The van der Waals surface area contributed by atoms with Crippen molar-refractivity contribution >= 4 is 34.7 Å². The van der Waals surface area contributed by atoms with Gasteiger partial charge in [0.1, 0.15) is 0 Å². The summed E-state index contributed by atoms with van der Waals surface area (Å²) in [4.78, 5) is 29.2. The van der Waals surface area contributed by atoms with Crippen molar-refractivity contribution in [3.63, 3.8) is 0 Å². The lowest BCUT2D eigenvalue weighted by Crippen LogP contribution is -2.29. The summed E-state index contributed by atoms with van der Waals surface area (Å²) in [5, 5.41) is -0.169. The van der Waals surface area contributed by atoms with Crippen molar-refractivity contribution < 1.29 is 9.59 Å². The van der Waals surface area contributed by atoms with Crippen LogP contribution in [0.4, 0.5) is 10.5 Å². The fourth-order valence-corrected chi connectivity index (χ4v) is 4.55. The van der Waals surface area contributed by atoms with Gasteiger partial charge in [-0.1, -0.05) is 42.5 Å². The number of hydrogen-bond donors (Lipinski definition) is 0. The highest BCUT2D eigenvalue weighted by Gasteiger charge is 2.34. The van der Waals surface area contributed by atoms with Crippen LogP contribution in [0.2, 0.25) is 0 Å². The first-order chi connectivity index (χ1) is 13.7. The molecule has 0 aromatic heterocycles. The van der Waals surface area contributed by atoms with Gasteiger partial charge in [-0.25, -0.2) is 0 Å². The van der Waals surface area contributed by atoms with Crippen molar-refractivity contribution in [3.05, 3.63) is 70.6 Å². The third-order valence-electron chi connectivity index (χ3n) is 5.23. The maximum absolute atomic E-state index is 12.6. The molecule has 0 unspecified atom stereocenters. The molecule has 2 aromatic rings. The van der Waals surface area contributed by atoms with Gasteiger partial charge in [0.25, 0.3) is 11.1 Å². The van der Waals surface area contributed by atoms with Crippen LogP contribution in [0.3, 0.4) is 0 Å². The normalized spacial score (nSPS) is 18.5. The molecule has 2 aromatic carbocycles. The number of carbonyl (C=O) groups is 2. The largest absolute Gasteiger partial charge is 0.372 e. The van der Waals surface area contributed by atoms with E-state index in [9.17, 15) is 9.59 Å². The van der Waals surface area contributed by atoms with E-state index >= 15 is 0 Å². The van der Waals surface area contributed by atoms with Crippen molar-refractivity contribution in [2.75, 3.05) is 24.5 Å². The Morgan fingerprint density at radius 2 is 1.64 bits per heavy atom. The molecular weight excluding hydrogens is 368 g/mol. The van der Waals surface area contributed by atoms with E-state index in [1.165, 1.54) is 29.0 Å². The molecule has 0 radical (unpaired) electrons. The van der Waals surface area contributed by atoms with Gasteiger partial charge in [0.2, 0.25) is 0 Å². The van der Waals surface area contributed by atoms with Gasteiger partial charge in [0.15, 0.2) is 0 Å². The number of nitrogens with zero attached hydrogens (tertiary/aromatic N) is 2. The number of thioether (sulfide) groups is 1. The lowest BCUT2D eigenvalue weighted by atomic mass is 10.1. The van der Waals surface area contributed by atoms with Gasteiger partial charge in [-0.05, 0) is 66.8 Å². The summed E-state index contributed by atoms with van der Waals surface area (Å²) in [6.07, 6.45) is 5.97. The predicted octanol–water partition coefficient (Wildman–Crippen LogP) is 4.96. The third-order valence-corrected chi connectivity index (χ3v) is 6.13. The number of imide groups is 1. The van der Waals surface area contributed by atoms with Gasteiger partial charge in [0.05, 0.1) is 4.91 Å². The zero-order valence-electron chi connectivity index (χ0n) is 15.8. The van der Waals surface area contributed by atoms with Crippen LogP contribution in [0.5, 0.6) is 0 Å². The fourth-order valence-electron chi connectivity index (χ4n) is 3.69. The first-order valence-electron chi connectivity index (χ1n) is 9.85. The van der Waals surface area contributed by atoms with Crippen molar-refractivity contribution in [1.82, 2.24) is 4.90 Å². The molecule has 0 bridgehead atoms. The minimum atomic E-state index is -0.174. The fraction of sp³-hybridized carbons (Fsp3) is 0.304. The van der Waals surface area contributed by atoms with E-state index in [4.69, 9.17) is 0 Å². The van der Waals surface area contributed by atoms with Crippen LogP contribution >= 0.6 is 11.8 Å². The van der Waals surface area contributed by atoms with Gasteiger partial charge in [-0.15, -0.1) is 0 Å². The summed E-state index contributed by atoms with van der Waals surface area (Å²) in [6, 6.07) is 18.4. The zero-order valence-corrected chi connectivity index (χ0v) is 16.7. The Balaban J connectivity index is 1.37. The van der Waals surface area contributed by atoms with E-state index in [-0.39, 0.29) is 11.1 Å². The summed E-state index contributed by atoms with van der Waals surface area (Å²) in [6.45, 7) is 2.69. The van der Waals surface area contributed by atoms with Gasteiger partial charge in [0, 0.05) is 25.3 Å². The molecule has 2 aliphatic rings. The standard InChI is InChI=1S/C23H24N2O2S/c26-22-21(17-19-10-12-20(13-11-19)24-14-4-5-15-24)28-23(27)25(22)16-6-9-18-7-2-1-3-8-18/h1-3,7-8,10-13,17H,4-6,9,14-16H2/b21-17+. The number of aryl methyl sites for hydroxylation is 1. The SMILES string of the molecule is O=C1S/C(=C/c2ccc(N3CCCC3)cc2)C(=O)N1CCCc1ccccc1. The average molecular weight is 393 g/mol. The van der Waals surface area contributed by atoms with Crippen LogP contribution < -0.4 is 4.90 Å². The molecule has 2 fully saturated rings. The predicted molar refractivity (Wildman–Crippen MR) is 115 cm³/mol. The summed E-state index contributed by atoms with van der Waals surface area (Å²) >= 11 is 1.04. The number of carbonyl (C=O) groups excluding carboxylic acids is 2. The molecule has 2 aliphatic heterocycles. The summed E-state index contributed by atoms with van der Waals surface area (Å²) in [5.74, 6) is -0.174. The van der Waals surface area contributed by atoms with Crippen LogP contribution in [-0.2, 0) is 11.2 Å². The molecule has 0 saturated carbocycles. The molecule has 2 amide bonds. The second-order valence-electron chi connectivity index (χ2n) is 7.21. The highest BCUT2D eigenvalue weighted by molar-refractivity contribution is 8.18. The Bertz CT molecular complexity index is 871. The summed E-state index contributed by atoms with van der Waals surface area (Å²) in [7, 11) is 0. The number of rotatable bonds is 6. The lowest BCUT2D eigenvalue weighted by molar-refractivity contribution is -0.122. The van der Waals surface area contributed by atoms with Crippen LogP contribution in [0, 0.1) is 0 Å². The van der Waals surface area contributed by atoms with Crippen molar-refractivity contribution in [2.24, 2.45) is 0 Å². The molecular formula is C23H24N2O2S. The molecule has 0 N–H and O–H groups in total. The molecule has 4 nitrogen and oxygen atoms in total. The molecule has 0 spiro atoms. The minimum absolute atomic E-state index is 0.169. The number of hydrogen-bond acceptors (Lipinski definition) is 4. The van der Waals surface area contributed by atoms with Gasteiger partial charge in [-0.3, -0.25) is 14.5 Å². The Morgan fingerprint density at radius 1 is 0.929 bits per heavy atom. The van der Waals surface area contributed by atoms with E-state index in [0.717, 1.165) is 43.3 Å². The van der Waals surface area contributed by atoms with Gasteiger partial charge in [-0.2, -0.15) is 0 Å². The molecule has 0 aliphatic carbocycles. The number of anilines is 1. The third kappa shape index (κ3) is 4.30. The van der Waals surface area contributed by atoms with E-state index in [0.29, 0.717) is 11.4 Å². The molecule has 0 atom stereocenters. The van der Waals surface area contributed by atoms with E-state index in [1.54, 1.807) is 0 Å². The number of benzene rings is 2. The quantitative estimate of drug-likeness (QED) is 0.652. The topological polar surface area (TPSA) is 40.6 Å². The van der Waals surface area contributed by atoms with Crippen LogP contribution in [0.25, 0.3) is 6.08 Å². The van der Waals surface area contributed by atoms with Crippen molar-refractivity contribution in [2.45, 2.75) is 25.7 Å². The second kappa shape index (κ2) is 8.65. The first-order valence-corrected chi connectivity index (χ1v) is 10.7. The zero-order chi connectivity index (χ0) is 19.3. The van der Waals surface area contributed by atoms with Crippen molar-refractivity contribution in [1.29, 1.82) is 0 Å². The van der Waals surface area contributed by atoms with Crippen LogP contribution in [0.1, 0.15) is 30.4 Å². The maximum atomic E-state index is 12.6. The first kappa shape index (κ1) is 18.8. The molecule has 5 heteroatoms. The average Bonchev–Trinajstić information content (AvgIpc) is 3.34. The summed E-state index contributed by atoms with van der Waals surface area (Å²) < 4.78 is 0. The van der Waals surface area contributed by atoms with Crippen molar-refractivity contribution in [3.8, 4) is 0 Å². The summed E-state index contributed by atoms with van der Waals surface area (Å²) in [5.41, 5.74) is 3.41. The molecule has 144 valence electrons. The number of amides is 2. The van der Waals surface area contributed by atoms with Crippen LogP contribution in [0.15, 0.2) is 59.5 Å². The molecule has 28 heavy (non-hydrogen) atoms. The molecule has 4 rings (SSSR count). The Kier molecular flexibility index (Phi) is 5.81.